The van der Waals surface area contributed by atoms with Gasteiger partial charge in [-0.1, -0.05) is 18.2 Å². The lowest BCUT2D eigenvalue weighted by Crippen LogP contribution is -2.40. The quantitative estimate of drug-likeness (QED) is 0.448. The molecule has 0 aliphatic heterocycles. The minimum absolute atomic E-state index is 0.511. The number of aryl methyl sites for hydroxylation is 2. The zero-order chi connectivity index (χ0) is 15.2. The molecule has 0 bridgehead atoms. The fraction of sp³-hybridized carbons (Fsp3) is 0.333. The predicted molar refractivity (Wildman–Crippen MR) is 90.5 cm³/mol. The Balaban J connectivity index is 2.06. The van der Waals surface area contributed by atoms with Crippen molar-refractivity contribution < 1.29 is 4.74 Å². The third-order valence-electron chi connectivity index (χ3n) is 3.14. The van der Waals surface area contributed by atoms with E-state index in [1.807, 2.05) is 12.1 Å². The summed E-state index contributed by atoms with van der Waals surface area (Å²) in [5.74, 6) is 0.741. The molecular weight excluding hydrogens is 284 g/mol. The van der Waals surface area contributed by atoms with Crippen LogP contribution in [0.5, 0.6) is 0 Å². The lowest BCUT2D eigenvalue weighted by Gasteiger charge is -2.13. The van der Waals surface area contributed by atoms with Crippen LogP contribution in [0.4, 0.5) is 5.82 Å². The largest absolute Gasteiger partial charge is 0.383 e. The number of aromatic nitrogens is 1. The number of rotatable bonds is 5. The van der Waals surface area contributed by atoms with Gasteiger partial charge in [0.1, 0.15) is 5.82 Å². The molecule has 6 heteroatoms. The van der Waals surface area contributed by atoms with Crippen molar-refractivity contribution in [3.63, 3.8) is 0 Å². The molecule has 5 nitrogen and oxygen atoms in total. The topological polar surface area (TPSA) is 58.2 Å². The average molecular weight is 304 g/mol. The summed E-state index contributed by atoms with van der Waals surface area (Å²) in [6, 6.07) is 8.18. The van der Waals surface area contributed by atoms with Crippen LogP contribution in [0.1, 0.15) is 11.1 Å². The van der Waals surface area contributed by atoms with Gasteiger partial charge >= 0.3 is 0 Å². The maximum Gasteiger partial charge on any atom is 0.185 e. The first-order valence-electron chi connectivity index (χ1n) is 6.77. The molecule has 2 rings (SSSR count). The summed E-state index contributed by atoms with van der Waals surface area (Å²) in [5.41, 5.74) is 9.27. The highest BCUT2D eigenvalue weighted by Crippen LogP contribution is 2.22. The van der Waals surface area contributed by atoms with Crippen molar-refractivity contribution in [1.29, 1.82) is 0 Å². The Morgan fingerprint density at radius 1 is 1.29 bits per heavy atom. The zero-order valence-corrected chi connectivity index (χ0v) is 13.3. The highest BCUT2D eigenvalue weighted by Gasteiger charge is 2.05. The number of ether oxygens (including phenoxy) is 1. The van der Waals surface area contributed by atoms with E-state index in [0.29, 0.717) is 18.3 Å². The average Bonchev–Trinajstić information content (AvgIpc) is 2.46. The standard InChI is InChI=1S/C15H20N4OS/c1-10-5-4-6-12-11(2)9-13(17-14(10)12)18-19-15(21)16-7-8-20-3/h4-6,9H,7-8H2,1-3H3,(H,17,18)(H2,16,19,21). The Labute approximate surface area is 130 Å². The summed E-state index contributed by atoms with van der Waals surface area (Å²) >= 11 is 5.15. The number of pyridine rings is 1. The molecule has 0 fully saturated rings. The number of para-hydroxylation sites is 1. The van der Waals surface area contributed by atoms with E-state index in [1.54, 1.807) is 7.11 Å². The molecule has 2 aromatic rings. The lowest BCUT2D eigenvalue weighted by molar-refractivity contribution is 0.204. The molecule has 112 valence electrons. The number of fused-ring (bicyclic) bond motifs is 1. The summed E-state index contributed by atoms with van der Waals surface area (Å²) < 4.78 is 4.95. The van der Waals surface area contributed by atoms with Crippen molar-refractivity contribution in [2.24, 2.45) is 0 Å². The molecule has 1 aromatic heterocycles. The first-order chi connectivity index (χ1) is 10.1. The van der Waals surface area contributed by atoms with Gasteiger partial charge in [0.2, 0.25) is 0 Å². The molecule has 0 radical (unpaired) electrons. The van der Waals surface area contributed by atoms with Crippen LogP contribution in [-0.2, 0) is 4.74 Å². The summed E-state index contributed by atoms with van der Waals surface area (Å²) in [6.07, 6.45) is 0. The molecule has 1 heterocycles. The van der Waals surface area contributed by atoms with Gasteiger partial charge in [-0.2, -0.15) is 0 Å². The molecule has 21 heavy (non-hydrogen) atoms. The Morgan fingerprint density at radius 3 is 2.86 bits per heavy atom. The van der Waals surface area contributed by atoms with E-state index in [9.17, 15) is 0 Å². The second-order valence-corrected chi connectivity index (χ2v) is 5.20. The molecule has 0 aliphatic carbocycles. The number of nitrogens with one attached hydrogen (secondary N) is 3. The minimum Gasteiger partial charge on any atom is -0.383 e. The molecular formula is C15H20N4OS. The van der Waals surface area contributed by atoms with Crippen molar-refractivity contribution in [2.75, 3.05) is 25.7 Å². The van der Waals surface area contributed by atoms with Crippen molar-refractivity contribution >= 4 is 34.1 Å². The van der Waals surface area contributed by atoms with E-state index in [2.05, 4.69) is 47.1 Å². The van der Waals surface area contributed by atoms with E-state index in [0.717, 1.165) is 16.9 Å². The molecule has 0 unspecified atom stereocenters. The van der Waals surface area contributed by atoms with Gasteiger partial charge in [-0.05, 0) is 43.3 Å². The van der Waals surface area contributed by atoms with Gasteiger partial charge in [-0.15, -0.1) is 0 Å². The van der Waals surface area contributed by atoms with E-state index >= 15 is 0 Å². The number of thiocarbonyl (C=S) groups is 1. The van der Waals surface area contributed by atoms with E-state index in [1.165, 1.54) is 10.9 Å². The third-order valence-corrected chi connectivity index (χ3v) is 3.39. The predicted octanol–water partition coefficient (Wildman–Crippen LogP) is 2.29. The summed E-state index contributed by atoms with van der Waals surface area (Å²) in [5, 5.41) is 4.70. The molecule has 1 aromatic carbocycles. The van der Waals surface area contributed by atoms with E-state index < -0.39 is 0 Å². The van der Waals surface area contributed by atoms with Gasteiger partial charge in [-0.3, -0.25) is 10.9 Å². The fourth-order valence-corrected chi connectivity index (χ4v) is 2.21. The second-order valence-electron chi connectivity index (χ2n) is 4.79. The van der Waals surface area contributed by atoms with Crippen molar-refractivity contribution in [1.82, 2.24) is 15.7 Å². The monoisotopic (exact) mass is 304 g/mol. The molecule has 0 aliphatic rings. The highest BCUT2D eigenvalue weighted by molar-refractivity contribution is 7.80. The van der Waals surface area contributed by atoms with Gasteiger partial charge in [0, 0.05) is 19.0 Å². The molecule has 0 amide bonds. The number of hydrogen-bond donors (Lipinski definition) is 3. The highest BCUT2D eigenvalue weighted by atomic mass is 32.1. The number of methoxy groups -OCH3 is 1. The first-order valence-corrected chi connectivity index (χ1v) is 7.18. The third kappa shape index (κ3) is 4.03. The van der Waals surface area contributed by atoms with Crippen LogP contribution >= 0.6 is 12.2 Å². The van der Waals surface area contributed by atoms with Gasteiger partial charge < -0.3 is 10.1 Å². The number of anilines is 1. The van der Waals surface area contributed by atoms with Crippen LogP contribution in [-0.4, -0.2) is 30.4 Å². The van der Waals surface area contributed by atoms with Gasteiger partial charge in [-0.25, -0.2) is 4.98 Å². The van der Waals surface area contributed by atoms with Crippen molar-refractivity contribution in [2.45, 2.75) is 13.8 Å². The van der Waals surface area contributed by atoms with Gasteiger partial charge in [0.25, 0.3) is 0 Å². The fourth-order valence-electron chi connectivity index (χ4n) is 2.06. The number of nitrogens with zero attached hydrogens (tertiary/aromatic N) is 1. The van der Waals surface area contributed by atoms with E-state index in [-0.39, 0.29) is 0 Å². The Hall–Kier alpha value is -1.92. The lowest BCUT2D eigenvalue weighted by atomic mass is 10.1. The second kappa shape index (κ2) is 7.19. The van der Waals surface area contributed by atoms with Crippen LogP contribution in [0.2, 0.25) is 0 Å². The molecule has 3 N–H and O–H groups in total. The van der Waals surface area contributed by atoms with Crippen molar-refractivity contribution in [3.8, 4) is 0 Å². The van der Waals surface area contributed by atoms with Crippen molar-refractivity contribution in [3.05, 3.63) is 35.4 Å². The molecule has 0 atom stereocenters. The van der Waals surface area contributed by atoms with Crippen LogP contribution in [0.3, 0.4) is 0 Å². The number of benzene rings is 1. The normalized spacial score (nSPS) is 10.4. The first kappa shape index (κ1) is 15.5. The van der Waals surface area contributed by atoms with Crippen LogP contribution < -0.4 is 16.2 Å². The Bertz CT molecular complexity index is 645. The van der Waals surface area contributed by atoms with Gasteiger partial charge in [0.05, 0.1) is 12.1 Å². The SMILES string of the molecule is COCCNC(=S)NNc1cc(C)c2cccc(C)c2n1. The Morgan fingerprint density at radius 2 is 2.10 bits per heavy atom. The number of hydrogen-bond acceptors (Lipinski definition) is 4. The number of hydrazine groups is 1. The zero-order valence-electron chi connectivity index (χ0n) is 12.5. The Kier molecular flexibility index (Phi) is 5.30. The molecule has 0 spiro atoms. The maximum atomic E-state index is 5.15. The van der Waals surface area contributed by atoms with Crippen LogP contribution in [0.25, 0.3) is 10.9 Å². The molecule has 0 saturated carbocycles. The smallest absolute Gasteiger partial charge is 0.185 e. The minimum atomic E-state index is 0.511. The maximum absolute atomic E-state index is 5.15. The summed E-state index contributed by atoms with van der Waals surface area (Å²) in [7, 11) is 1.65. The summed E-state index contributed by atoms with van der Waals surface area (Å²) in [6.45, 7) is 5.40. The van der Waals surface area contributed by atoms with Crippen LogP contribution in [0.15, 0.2) is 24.3 Å². The van der Waals surface area contributed by atoms with Gasteiger partial charge in [0.15, 0.2) is 5.11 Å². The van der Waals surface area contributed by atoms with E-state index in [4.69, 9.17) is 17.0 Å². The summed E-state index contributed by atoms with van der Waals surface area (Å²) in [4.78, 5) is 4.62. The molecule has 0 saturated heterocycles. The van der Waals surface area contributed by atoms with Crippen LogP contribution in [0, 0.1) is 13.8 Å².